The van der Waals surface area contributed by atoms with Crippen LogP contribution in [0.5, 0.6) is 11.5 Å². The van der Waals surface area contributed by atoms with E-state index in [1.54, 1.807) is 95.3 Å². The Bertz CT molecular complexity index is 1490. The zero-order chi connectivity index (χ0) is 32.4. The summed E-state index contributed by atoms with van der Waals surface area (Å²) >= 11 is 6.31. The van der Waals surface area contributed by atoms with Crippen molar-refractivity contribution in [2.75, 3.05) is 11.5 Å². The van der Waals surface area contributed by atoms with Gasteiger partial charge in [0.2, 0.25) is 5.91 Å². The lowest BCUT2D eigenvalue weighted by atomic mass is 10.1. The summed E-state index contributed by atoms with van der Waals surface area (Å²) in [5, 5.41) is 5.80. The minimum Gasteiger partial charge on any atom is -0.464 e. The lowest BCUT2D eigenvalue weighted by molar-refractivity contribution is -0.145. The van der Waals surface area contributed by atoms with E-state index in [0.717, 1.165) is 5.56 Å². The zero-order valence-electron chi connectivity index (χ0n) is 25.7. The summed E-state index contributed by atoms with van der Waals surface area (Å²) in [5.41, 5.74) is 1.36. The first-order valence-corrected chi connectivity index (χ1v) is 14.6. The summed E-state index contributed by atoms with van der Waals surface area (Å²) in [6.45, 7) is 10.7. The van der Waals surface area contributed by atoms with Crippen LogP contribution in [-0.4, -0.2) is 42.1 Å². The van der Waals surface area contributed by atoms with Gasteiger partial charge in [0.1, 0.15) is 17.4 Å². The van der Waals surface area contributed by atoms with E-state index >= 15 is 0 Å². The number of carbonyl (C=O) groups is 4. The van der Waals surface area contributed by atoms with Gasteiger partial charge in [0.25, 0.3) is 5.91 Å². The highest BCUT2D eigenvalue weighted by Gasteiger charge is 2.23. The summed E-state index contributed by atoms with van der Waals surface area (Å²) < 4.78 is 16.5. The van der Waals surface area contributed by atoms with E-state index in [0.29, 0.717) is 39.9 Å². The summed E-state index contributed by atoms with van der Waals surface area (Å²) in [6, 6.07) is 17.6. The van der Waals surface area contributed by atoms with E-state index in [2.05, 4.69) is 10.6 Å². The normalized spacial score (nSPS) is 11.6. The number of ether oxygens (including phenoxy) is 3. The molecule has 3 rings (SSSR count). The van der Waals surface area contributed by atoms with Gasteiger partial charge in [-0.2, -0.15) is 0 Å². The van der Waals surface area contributed by atoms with E-state index in [9.17, 15) is 19.2 Å². The molecule has 1 unspecified atom stereocenters. The number of carbonyl (C=O) groups excluding carboxylic acids is 4. The third kappa shape index (κ3) is 9.74. The van der Waals surface area contributed by atoms with E-state index in [1.807, 2.05) is 6.07 Å². The highest BCUT2D eigenvalue weighted by molar-refractivity contribution is 6.30. The van der Waals surface area contributed by atoms with Crippen LogP contribution < -0.4 is 20.3 Å². The first-order chi connectivity index (χ1) is 20.8. The van der Waals surface area contributed by atoms with Crippen LogP contribution in [-0.2, 0) is 25.6 Å². The quantitative estimate of drug-likeness (QED) is 0.222. The summed E-state index contributed by atoms with van der Waals surface area (Å²) in [4.78, 5) is 51.4. The maximum absolute atomic E-state index is 12.9. The molecule has 234 valence electrons. The van der Waals surface area contributed by atoms with Crippen molar-refractivity contribution >= 4 is 46.9 Å². The van der Waals surface area contributed by atoms with Crippen LogP contribution in [0.4, 0.5) is 16.2 Å². The fourth-order valence-electron chi connectivity index (χ4n) is 4.15. The van der Waals surface area contributed by atoms with Crippen molar-refractivity contribution in [3.8, 4) is 11.5 Å². The van der Waals surface area contributed by atoms with E-state index in [1.165, 1.54) is 11.8 Å². The van der Waals surface area contributed by atoms with Gasteiger partial charge in [-0.3, -0.25) is 14.5 Å². The van der Waals surface area contributed by atoms with Crippen molar-refractivity contribution in [3.05, 3.63) is 82.9 Å². The second-order valence-electron chi connectivity index (χ2n) is 10.8. The number of rotatable bonds is 11. The zero-order valence-corrected chi connectivity index (χ0v) is 26.5. The van der Waals surface area contributed by atoms with Crippen molar-refractivity contribution in [3.63, 3.8) is 0 Å². The predicted molar refractivity (Wildman–Crippen MR) is 168 cm³/mol. The van der Waals surface area contributed by atoms with Crippen LogP contribution in [0.15, 0.2) is 66.7 Å². The lowest BCUT2D eigenvalue weighted by Gasteiger charge is -2.24. The Morgan fingerprint density at radius 3 is 2.27 bits per heavy atom. The van der Waals surface area contributed by atoms with Crippen LogP contribution in [0.25, 0.3) is 0 Å². The molecule has 2 N–H and O–H groups in total. The van der Waals surface area contributed by atoms with Crippen molar-refractivity contribution in [1.29, 1.82) is 0 Å². The van der Waals surface area contributed by atoms with E-state index < -0.39 is 29.6 Å². The minimum absolute atomic E-state index is 0.215. The van der Waals surface area contributed by atoms with Crippen molar-refractivity contribution in [2.24, 2.45) is 0 Å². The Kier molecular flexibility index (Phi) is 11.8. The molecule has 44 heavy (non-hydrogen) atoms. The van der Waals surface area contributed by atoms with Gasteiger partial charge in [-0.05, 0) is 88.2 Å². The van der Waals surface area contributed by atoms with Gasteiger partial charge < -0.3 is 24.8 Å². The van der Waals surface area contributed by atoms with Crippen molar-refractivity contribution in [1.82, 2.24) is 10.6 Å². The fourth-order valence-corrected chi connectivity index (χ4v) is 4.32. The maximum Gasteiger partial charge on any atom is 0.407 e. The summed E-state index contributed by atoms with van der Waals surface area (Å²) in [6.07, 6.45) is -0.158. The number of nitrogens with one attached hydrogen (secondary N) is 2. The van der Waals surface area contributed by atoms with Crippen molar-refractivity contribution in [2.45, 2.75) is 66.2 Å². The molecule has 1 atom stereocenters. The number of hydrogen-bond donors (Lipinski definition) is 2. The molecule has 0 aromatic heterocycles. The van der Waals surface area contributed by atoms with Gasteiger partial charge >= 0.3 is 12.1 Å². The Morgan fingerprint density at radius 1 is 0.955 bits per heavy atom. The Hall–Kier alpha value is -4.57. The average molecular weight is 624 g/mol. The number of alkyl carbamates (subject to hydrolysis) is 1. The Labute approximate surface area is 262 Å². The number of halogens is 1. The molecule has 0 heterocycles. The number of nitrogens with zero attached hydrogens (tertiary/aromatic N) is 1. The molecule has 11 heteroatoms. The largest absolute Gasteiger partial charge is 0.464 e. The molecule has 0 radical (unpaired) electrons. The minimum atomic E-state index is -0.767. The molecule has 0 bridgehead atoms. The smallest absolute Gasteiger partial charge is 0.407 e. The topological polar surface area (TPSA) is 123 Å². The molecule has 0 aliphatic carbocycles. The van der Waals surface area contributed by atoms with E-state index in [-0.39, 0.29) is 19.1 Å². The van der Waals surface area contributed by atoms with Gasteiger partial charge in [0.05, 0.1) is 12.3 Å². The highest BCUT2D eigenvalue weighted by Crippen LogP contribution is 2.39. The predicted octanol–water partition coefficient (Wildman–Crippen LogP) is 6.91. The molecule has 3 amide bonds. The van der Waals surface area contributed by atoms with Crippen LogP contribution in [0.1, 0.15) is 63.9 Å². The average Bonchev–Trinajstić information content (AvgIpc) is 2.95. The molecule has 0 fully saturated rings. The first kappa shape index (κ1) is 33.9. The van der Waals surface area contributed by atoms with Crippen LogP contribution in [0.2, 0.25) is 5.02 Å². The Balaban J connectivity index is 1.83. The van der Waals surface area contributed by atoms with Crippen LogP contribution in [0, 0.1) is 0 Å². The molecular formula is C33H38ClN3O7. The maximum atomic E-state index is 12.9. The SMILES string of the molecule is CCOC(=O)C(CC)NC(=O)c1ccc(N(C(C)=O)c2ccc(Cl)cc2Oc2cccc(CNC(=O)OC(C)(C)C)c2)cc1. The van der Waals surface area contributed by atoms with Gasteiger partial charge in [-0.15, -0.1) is 0 Å². The number of benzene rings is 3. The van der Waals surface area contributed by atoms with Crippen LogP contribution >= 0.6 is 11.6 Å². The highest BCUT2D eigenvalue weighted by atomic mass is 35.5. The van der Waals surface area contributed by atoms with Crippen LogP contribution in [0.3, 0.4) is 0 Å². The van der Waals surface area contributed by atoms with Gasteiger partial charge in [-0.25, -0.2) is 9.59 Å². The molecule has 0 spiro atoms. The molecular weight excluding hydrogens is 586 g/mol. The van der Waals surface area contributed by atoms with Gasteiger partial charge in [-0.1, -0.05) is 30.7 Å². The Morgan fingerprint density at radius 2 is 1.66 bits per heavy atom. The molecule has 0 aliphatic rings. The number of anilines is 2. The monoisotopic (exact) mass is 623 g/mol. The second kappa shape index (κ2) is 15.2. The third-order valence-electron chi connectivity index (χ3n) is 6.11. The molecule has 3 aromatic rings. The fraction of sp³-hybridized carbons (Fsp3) is 0.333. The standard InChI is InChI=1S/C33H38ClN3O7/c1-7-27(31(40)42-8-2)36-30(39)23-12-15-25(16-13-23)37(21(3)38)28-17-14-24(34)19-29(28)43-26-11-9-10-22(18-26)20-35-32(41)44-33(4,5)6/h9-19,27H,7-8,20H2,1-6H3,(H,35,41)(H,36,39). The molecule has 3 aromatic carbocycles. The summed E-state index contributed by atoms with van der Waals surface area (Å²) in [5.74, 6) is -0.477. The molecule has 0 aliphatic heterocycles. The third-order valence-corrected chi connectivity index (χ3v) is 6.35. The number of esters is 1. The first-order valence-electron chi connectivity index (χ1n) is 14.2. The number of hydrogen-bond acceptors (Lipinski definition) is 7. The summed E-state index contributed by atoms with van der Waals surface area (Å²) in [7, 11) is 0. The number of amides is 3. The molecule has 0 saturated heterocycles. The van der Waals surface area contributed by atoms with Crippen molar-refractivity contribution < 1.29 is 33.4 Å². The lowest BCUT2D eigenvalue weighted by Crippen LogP contribution is -2.41. The molecule has 10 nitrogen and oxygen atoms in total. The second-order valence-corrected chi connectivity index (χ2v) is 11.2. The van der Waals surface area contributed by atoms with Gasteiger partial charge in [0, 0.05) is 35.8 Å². The van der Waals surface area contributed by atoms with Gasteiger partial charge in [0.15, 0.2) is 5.75 Å². The van der Waals surface area contributed by atoms with E-state index in [4.69, 9.17) is 25.8 Å². The molecule has 0 saturated carbocycles.